The molecule has 0 aliphatic carbocycles. The van der Waals surface area contributed by atoms with Gasteiger partial charge in [0.1, 0.15) is 0 Å². The molecule has 0 spiro atoms. The summed E-state index contributed by atoms with van der Waals surface area (Å²) in [5.74, 6) is -0.221. The fourth-order valence-corrected chi connectivity index (χ4v) is 2.54. The molecule has 0 aromatic carbocycles. The van der Waals surface area contributed by atoms with Gasteiger partial charge in [-0.1, -0.05) is 20.8 Å². The van der Waals surface area contributed by atoms with Crippen molar-refractivity contribution in [2.45, 2.75) is 58.9 Å². The number of esters is 1. The molecular formula is C16H27NO3Si. The minimum absolute atomic E-state index is 0.184. The highest BCUT2D eigenvalue weighted by molar-refractivity contribution is 6.74. The Kier molecular flexibility index (Phi) is 6.10. The fraction of sp³-hybridized carbons (Fsp3) is 0.625. The van der Waals surface area contributed by atoms with Crippen LogP contribution in [-0.2, 0) is 27.0 Å². The summed E-state index contributed by atoms with van der Waals surface area (Å²) in [4.78, 5) is 15.7. The first-order valence-corrected chi connectivity index (χ1v) is 10.3. The molecule has 0 unspecified atom stereocenters. The minimum atomic E-state index is -1.77. The molecular weight excluding hydrogens is 282 g/mol. The summed E-state index contributed by atoms with van der Waals surface area (Å²) in [6.45, 7) is 13.9. The van der Waals surface area contributed by atoms with Gasteiger partial charge in [-0.25, -0.2) is 0 Å². The fourth-order valence-electron chi connectivity index (χ4n) is 1.58. The highest BCUT2D eigenvalue weighted by atomic mass is 28.4. The standard InChI is InChI=1S/C16H27NO3Si/c1-7-19-15(18)9-13-8-14(11-17-10-13)12-20-21(5,6)16(2,3)4/h8,10-11H,7,9,12H2,1-6H3. The third-order valence-corrected chi connectivity index (χ3v) is 8.39. The summed E-state index contributed by atoms with van der Waals surface area (Å²) in [5.41, 5.74) is 1.87. The second-order valence-electron chi connectivity index (χ2n) is 6.73. The number of pyridine rings is 1. The minimum Gasteiger partial charge on any atom is -0.466 e. The maximum atomic E-state index is 11.5. The summed E-state index contributed by atoms with van der Waals surface area (Å²) in [5, 5.41) is 0.184. The predicted octanol–water partition coefficient (Wildman–Crippen LogP) is 3.71. The van der Waals surface area contributed by atoms with Crippen LogP contribution in [0.2, 0.25) is 18.1 Å². The summed E-state index contributed by atoms with van der Waals surface area (Å²) in [6, 6.07) is 1.97. The zero-order valence-corrected chi connectivity index (χ0v) is 15.0. The molecule has 4 nitrogen and oxygen atoms in total. The molecule has 0 radical (unpaired) electrons. The highest BCUT2D eigenvalue weighted by Gasteiger charge is 2.37. The van der Waals surface area contributed by atoms with Crippen molar-refractivity contribution in [3.05, 3.63) is 29.6 Å². The van der Waals surface area contributed by atoms with Crippen LogP contribution in [0.15, 0.2) is 18.5 Å². The van der Waals surface area contributed by atoms with Crippen LogP contribution < -0.4 is 0 Å². The first kappa shape index (κ1) is 17.8. The van der Waals surface area contributed by atoms with Crippen LogP contribution in [-0.4, -0.2) is 25.9 Å². The third-order valence-electron chi connectivity index (χ3n) is 3.91. The smallest absolute Gasteiger partial charge is 0.310 e. The lowest BCUT2D eigenvalue weighted by atomic mass is 10.1. The molecule has 0 fully saturated rings. The Labute approximate surface area is 129 Å². The number of carbonyl (C=O) groups excluding carboxylic acids is 1. The largest absolute Gasteiger partial charge is 0.466 e. The maximum Gasteiger partial charge on any atom is 0.310 e. The Hall–Kier alpha value is -1.20. The summed E-state index contributed by atoms with van der Waals surface area (Å²) in [6.07, 6.45) is 3.75. The van der Waals surface area contributed by atoms with E-state index in [0.29, 0.717) is 13.2 Å². The second-order valence-corrected chi connectivity index (χ2v) is 11.5. The van der Waals surface area contributed by atoms with Gasteiger partial charge in [0.05, 0.1) is 19.6 Å². The van der Waals surface area contributed by atoms with Crippen molar-refractivity contribution in [3.63, 3.8) is 0 Å². The monoisotopic (exact) mass is 309 g/mol. The topological polar surface area (TPSA) is 48.4 Å². The number of ether oxygens (including phenoxy) is 1. The average molecular weight is 309 g/mol. The van der Waals surface area contributed by atoms with Gasteiger partial charge in [-0.3, -0.25) is 9.78 Å². The van der Waals surface area contributed by atoms with Gasteiger partial charge in [-0.2, -0.15) is 0 Å². The van der Waals surface area contributed by atoms with E-state index >= 15 is 0 Å². The molecule has 1 aromatic rings. The number of nitrogens with zero attached hydrogens (tertiary/aromatic N) is 1. The van der Waals surface area contributed by atoms with Crippen LogP contribution >= 0.6 is 0 Å². The third kappa shape index (κ3) is 5.59. The van der Waals surface area contributed by atoms with E-state index in [1.807, 2.05) is 6.07 Å². The molecule has 1 heterocycles. The normalized spacial score (nSPS) is 12.3. The van der Waals surface area contributed by atoms with E-state index in [-0.39, 0.29) is 17.4 Å². The van der Waals surface area contributed by atoms with Crippen LogP contribution in [0.5, 0.6) is 0 Å². The van der Waals surface area contributed by atoms with Crippen molar-refractivity contribution in [1.29, 1.82) is 0 Å². The first-order chi connectivity index (χ1) is 9.65. The van der Waals surface area contributed by atoms with Crippen LogP contribution in [0, 0.1) is 0 Å². The van der Waals surface area contributed by atoms with Gasteiger partial charge in [-0.15, -0.1) is 0 Å². The van der Waals surface area contributed by atoms with Gasteiger partial charge in [-0.05, 0) is 42.2 Å². The molecule has 0 atom stereocenters. The molecule has 21 heavy (non-hydrogen) atoms. The van der Waals surface area contributed by atoms with E-state index in [1.165, 1.54) is 0 Å². The Morgan fingerprint density at radius 2 is 1.86 bits per heavy atom. The summed E-state index contributed by atoms with van der Waals surface area (Å²) < 4.78 is 11.1. The van der Waals surface area contributed by atoms with Crippen LogP contribution in [0.25, 0.3) is 0 Å². The number of carbonyl (C=O) groups is 1. The molecule has 0 saturated heterocycles. The zero-order chi connectivity index (χ0) is 16.1. The van der Waals surface area contributed by atoms with Crippen LogP contribution in [0.1, 0.15) is 38.8 Å². The second kappa shape index (κ2) is 7.18. The van der Waals surface area contributed by atoms with E-state index in [0.717, 1.165) is 11.1 Å². The molecule has 118 valence electrons. The number of hydrogen-bond donors (Lipinski definition) is 0. The Balaban J connectivity index is 2.67. The van der Waals surface area contributed by atoms with Crippen molar-refractivity contribution in [2.75, 3.05) is 6.61 Å². The summed E-state index contributed by atoms with van der Waals surface area (Å²) >= 11 is 0. The Morgan fingerprint density at radius 3 is 2.43 bits per heavy atom. The SMILES string of the molecule is CCOC(=O)Cc1cncc(CO[Si](C)(C)C(C)(C)C)c1. The van der Waals surface area contributed by atoms with Gasteiger partial charge in [0, 0.05) is 12.4 Å². The highest BCUT2D eigenvalue weighted by Crippen LogP contribution is 2.37. The molecule has 0 N–H and O–H groups in total. The first-order valence-electron chi connectivity index (χ1n) is 7.38. The van der Waals surface area contributed by atoms with Gasteiger partial charge in [0.2, 0.25) is 0 Å². The van der Waals surface area contributed by atoms with E-state index in [1.54, 1.807) is 19.3 Å². The molecule has 0 saturated carbocycles. The Morgan fingerprint density at radius 1 is 1.24 bits per heavy atom. The summed E-state index contributed by atoms with van der Waals surface area (Å²) in [7, 11) is -1.77. The predicted molar refractivity (Wildman–Crippen MR) is 86.6 cm³/mol. The molecule has 0 aliphatic rings. The lowest BCUT2D eigenvalue weighted by Gasteiger charge is -2.36. The molecule has 0 amide bonds. The molecule has 5 heteroatoms. The van der Waals surface area contributed by atoms with Crippen molar-refractivity contribution in [3.8, 4) is 0 Å². The molecule has 1 rings (SSSR count). The van der Waals surface area contributed by atoms with Crippen LogP contribution in [0.3, 0.4) is 0 Å². The Bertz CT molecular complexity index is 481. The number of hydrogen-bond acceptors (Lipinski definition) is 4. The van der Waals surface area contributed by atoms with Crippen LogP contribution in [0.4, 0.5) is 0 Å². The number of aromatic nitrogens is 1. The lowest BCUT2D eigenvalue weighted by molar-refractivity contribution is -0.142. The maximum absolute atomic E-state index is 11.5. The van der Waals surface area contributed by atoms with Crippen molar-refractivity contribution < 1.29 is 14.0 Å². The van der Waals surface area contributed by atoms with Gasteiger partial charge < -0.3 is 9.16 Å². The van der Waals surface area contributed by atoms with Crippen molar-refractivity contribution in [1.82, 2.24) is 4.98 Å². The lowest BCUT2D eigenvalue weighted by Crippen LogP contribution is -2.40. The molecule has 0 aliphatic heterocycles. The molecule has 0 bridgehead atoms. The average Bonchev–Trinajstić information content (AvgIpc) is 2.36. The quantitative estimate of drug-likeness (QED) is 0.594. The van der Waals surface area contributed by atoms with Gasteiger partial charge in [0.15, 0.2) is 8.32 Å². The van der Waals surface area contributed by atoms with Crippen molar-refractivity contribution >= 4 is 14.3 Å². The van der Waals surface area contributed by atoms with Gasteiger partial charge >= 0.3 is 5.97 Å². The number of rotatable bonds is 6. The van der Waals surface area contributed by atoms with Crippen molar-refractivity contribution in [2.24, 2.45) is 0 Å². The van der Waals surface area contributed by atoms with E-state index in [4.69, 9.17) is 9.16 Å². The van der Waals surface area contributed by atoms with E-state index in [2.05, 4.69) is 38.8 Å². The van der Waals surface area contributed by atoms with E-state index in [9.17, 15) is 4.79 Å². The zero-order valence-electron chi connectivity index (χ0n) is 14.0. The van der Waals surface area contributed by atoms with E-state index < -0.39 is 8.32 Å². The van der Waals surface area contributed by atoms with Gasteiger partial charge in [0.25, 0.3) is 0 Å². The molecule has 1 aromatic heterocycles.